The van der Waals surface area contributed by atoms with E-state index in [1.807, 2.05) is 41.3 Å². The van der Waals surface area contributed by atoms with E-state index in [1.165, 1.54) is 6.20 Å². The number of hydrogen-bond acceptors (Lipinski definition) is 6. The van der Waals surface area contributed by atoms with E-state index in [9.17, 15) is 19.8 Å². The molecule has 4 rings (SSSR count). The Balaban J connectivity index is 1.55. The van der Waals surface area contributed by atoms with Gasteiger partial charge in [-0.1, -0.05) is 42.5 Å². The van der Waals surface area contributed by atoms with E-state index in [1.54, 1.807) is 31.2 Å². The summed E-state index contributed by atoms with van der Waals surface area (Å²) < 4.78 is 0. The summed E-state index contributed by atoms with van der Waals surface area (Å²) in [4.78, 5) is 29.7. The van der Waals surface area contributed by atoms with Crippen molar-refractivity contribution in [3.63, 3.8) is 0 Å². The highest BCUT2D eigenvalue weighted by Gasteiger charge is 2.47. The van der Waals surface area contributed by atoms with Gasteiger partial charge < -0.3 is 31.5 Å². The Kier molecular flexibility index (Phi) is 7.47. The second-order valence-corrected chi connectivity index (χ2v) is 10.3. The normalized spacial score (nSPS) is 19.9. The number of carbonyl (C=O) groups excluding carboxylic acids is 1. The zero-order chi connectivity index (χ0) is 26.6. The molecular weight excluding hydrogens is 468 g/mol. The van der Waals surface area contributed by atoms with Gasteiger partial charge in [0, 0.05) is 43.6 Å². The first kappa shape index (κ1) is 26.1. The number of piperidine rings is 2. The van der Waals surface area contributed by atoms with Crippen molar-refractivity contribution in [3.8, 4) is 5.75 Å². The van der Waals surface area contributed by atoms with Crippen LogP contribution >= 0.6 is 0 Å². The number of para-hydroxylation sites is 1. The number of hydrogen-bond donors (Lipinski definition) is 4. The Morgan fingerprint density at radius 2 is 1.46 bits per heavy atom. The molecule has 6 N–H and O–H groups in total. The Labute approximate surface area is 217 Å². The molecule has 0 saturated carbocycles. The minimum absolute atomic E-state index is 0.0633. The lowest BCUT2D eigenvalue weighted by Crippen LogP contribution is -2.55. The average Bonchev–Trinajstić information content (AvgIpc) is 2.92. The van der Waals surface area contributed by atoms with Crippen LogP contribution in [0.4, 0.5) is 0 Å². The molecule has 8 heteroatoms. The molecule has 2 aromatic rings. The van der Waals surface area contributed by atoms with E-state index < -0.39 is 16.8 Å². The van der Waals surface area contributed by atoms with Gasteiger partial charge in [0.25, 0.3) is 0 Å². The van der Waals surface area contributed by atoms with Crippen molar-refractivity contribution in [1.29, 1.82) is 0 Å². The van der Waals surface area contributed by atoms with Crippen LogP contribution in [0.5, 0.6) is 5.75 Å². The van der Waals surface area contributed by atoms with Crippen LogP contribution in [0.2, 0.25) is 0 Å². The molecule has 0 aliphatic carbocycles. The molecule has 0 aromatic heterocycles. The van der Waals surface area contributed by atoms with Crippen LogP contribution in [0.25, 0.3) is 5.70 Å². The first-order valence-electron chi connectivity index (χ1n) is 12.7. The van der Waals surface area contributed by atoms with E-state index >= 15 is 0 Å². The third-order valence-corrected chi connectivity index (χ3v) is 8.08. The van der Waals surface area contributed by atoms with E-state index in [2.05, 4.69) is 4.90 Å². The number of likely N-dealkylation sites (tertiary alicyclic amines) is 2. The van der Waals surface area contributed by atoms with Gasteiger partial charge in [-0.2, -0.15) is 0 Å². The fraction of sp³-hybridized carbons (Fsp3) is 0.379. The maximum absolute atomic E-state index is 14.1. The van der Waals surface area contributed by atoms with Crippen LogP contribution in [-0.4, -0.2) is 58.1 Å². The number of nitrogens with two attached hydrogens (primary N) is 2. The molecule has 2 aromatic carbocycles. The summed E-state index contributed by atoms with van der Waals surface area (Å²) in [5.41, 5.74) is 13.4. The van der Waals surface area contributed by atoms with Crippen molar-refractivity contribution in [1.82, 2.24) is 9.80 Å². The Hall–Kier alpha value is -3.94. The molecule has 2 saturated heterocycles. The fourth-order valence-corrected chi connectivity index (χ4v) is 5.45. The number of benzene rings is 2. The fourth-order valence-electron chi connectivity index (χ4n) is 5.45. The summed E-state index contributed by atoms with van der Waals surface area (Å²) in [6, 6.07) is 16.7. The first-order valence-corrected chi connectivity index (χ1v) is 12.7. The second-order valence-electron chi connectivity index (χ2n) is 10.3. The first-order chi connectivity index (χ1) is 17.7. The third-order valence-electron chi connectivity index (χ3n) is 8.08. The van der Waals surface area contributed by atoms with E-state index in [0.717, 1.165) is 11.3 Å². The van der Waals surface area contributed by atoms with Gasteiger partial charge in [0.05, 0.1) is 16.5 Å². The van der Waals surface area contributed by atoms with Crippen LogP contribution in [0.3, 0.4) is 0 Å². The summed E-state index contributed by atoms with van der Waals surface area (Å²) in [5.74, 6) is -0.642. The number of carboxylic acid groups (broad SMARTS) is 1. The Bertz CT molecular complexity index is 1190. The van der Waals surface area contributed by atoms with Crippen molar-refractivity contribution in [2.24, 2.45) is 16.9 Å². The number of phenols is 1. The van der Waals surface area contributed by atoms with Gasteiger partial charge in [-0.05, 0) is 56.4 Å². The van der Waals surface area contributed by atoms with Crippen molar-refractivity contribution < 1.29 is 19.8 Å². The van der Waals surface area contributed by atoms with Gasteiger partial charge in [0.15, 0.2) is 0 Å². The number of allylic oxidation sites excluding steroid dienone is 1. The molecule has 0 bridgehead atoms. The number of aromatic hydroxyl groups is 1. The molecule has 0 unspecified atom stereocenters. The monoisotopic (exact) mass is 504 g/mol. The van der Waals surface area contributed by atoms with Gasteiger partial charge in [-0.25, -0.2) is 0 Å². The Morgan fingerprint density at radius 3 is 2.03 bits per heavy atom. The molecule has 0 radical (unpaired) electrons. The largest absolute Gasteiger partial charge is 0.507 e. The van der Waals surface area contributed by atoms with Crippen molar-refractivity contribution in [2.45, 2.75) is 38.0 Å². The number of amides is 1. The quantitative estimate of drug-likeness (QED) is 0.444. The number of nitrogens with zero attached hydrogens (tertiary/aromatic N) is 2. The maximum Gasteiger partial charge on any atom is 0.309 e. The van der Waals surface area contributed by atoms with Gasteiger partial charge in [0.1, 0.15) is 5.75 Å². The van der Waals surface area contributed by atoms with Crippen molar-refractivity contribution >= 4 is 17.6 Å². The van der Waals surface area contributed by atoms with Crippen LogP contribution in [0.15, 0.2) is 72.6 Å². The van der Waals surface area contributed by atoms with Crippen LogP contribution in [-0.2, 0) is 15.0 Å². The predicted octanol–water partition coefficient (Wildman–Crippen LogP) is 3.24. The van der Waals surface area contributed by atoms with Crippen LogP contribution in [0.1, 0.15) is 43.7 Å². The van der Waals surface area contributed by atoms with E-state index in [4.69, 9.17) is 11.5 Å². The molecule has 2 heterocycles. The lowest BCUT2D eigenvalue weighted by atomic mass is 9.70. The van der Waals surface area contributed by atoms with Crippen LogP contribution in [0, 0.1) is 5.41 Å². The number of phenolic OH excluding ortho intramolecular Hbond substituents is 1. The van der Waals surface area contributed by atoms with Gasteiger partial charge in [-0.15, -0.1) is 0 Å². The molecular formula is C29H36N4O4. The number of aliphatic carboxylic acids is 1. The lowest BCUT2D eigenvalue weighted by molar-refractivity contribution is -0.154. The van der Waals surface area contributed by atoms with E-state index in [0.29, 0.717) is 63.1 Å². The van der Waals surface area contributed by atoms with Gasteiger partial charge >= 0.3 is 5.97 Å². The minimum atomic E-state index is -0.803. The summed E-state index contributed by atoms with van der Waals surface area (Å²) >= 11 is 0. The summed E-state index contributed by atoms with van der Waals surface area (Å²) in [6.45, 7) is 3.82. The zero-order valence-electron chi connectivity index (χ0n) is 21.3. The highest BCUT2D eigenvalue weighted by molar-refractivity contribution is 5.89. The van der Waals surface area contributed by atoms with Gasteiger partial charge in [0.2, 0.25) is 5.91 Å². The molecule has 2 fully saturated rings. The summed E-state index contributed by atoms with van der Waals surface area (Å²) in [7, 11) is 0. The van der Waals surface area contributed by atoms with Gasteiger partial charge in [-0.3, -0.25) is 9.59 Å². The molecule has 0 spiro atoms. The maximum atomic E-state index is 14.1. The minimum Gasteiger partial charge on any atom is -0.507 e. The molecule has 8 nitrogen and oxygen atoms in total. The van der Waals surface area contributed by atoms with Crippen molar-refractivity contribution in [2.75, 3.05) is 26.2 Å². The summed E-state index contributed by atoms with van der Waals surface area (Å²) in [5, 5.41) is 19.8. The predicted molar refractivity (Wildman–Crippen MR) is 143 cm³/mol. The highest BCUT2D eigenvalue weighted by Crippen LogP contribution is 2.41. The van der Waals surface area contributed by atoms with E-state index in [-0.39, 0.29) is 11.7 Å². The topological polar surface area (TPSA) is 133 Å². The third kappa shape index (κ3) is 5.14. The number of rotatable bonds is 6. The molecule has 0 atom stereocenters. The SMILES string of the molecule is CC1(C(=O)O)CCN(C(=O)C2(c3ccccc3)CCN(C(/C=C(\N)c3ccccc3O)=C/N)CC2)CC1. The van der Waals surface area contributed by atoms with Crippen molar-refractivity contribution in [3.05, 3.63) is 83.7 Å². The molecule has 37 heavy (non-hydrogen) atoms. The molecule has 1 amide bonds. The number of carbonyl (C=O) groups is 2. The lowest BCUT2D eigenvalue weighted by Gasteiger charge is -2.46. The average molecular weight is 505 g/mol. The molecule has 196 valence electrons. The summed E-state index contributed by atoms with van der Waals surface area (Å²) in [6.07, 6.45) is 5.32. The smallest absolute Gasteiger partial charge is 0.309 e. The molecule has 2 aliphatic heterocycles. The number of carboxylic acids is 1. The second kappa shape index (κ2) is 10.6. The highest BCUT2D eigenvalue weighted by atomic mass is 16.4. The Morgan fingerprint density at radius 1 is 0.892 bits per heavy atom. The standard InChI is InChI=1S/C29H36N4O4/c1-28(27(36)37)11-15-33(16-12-28)26(35)29(21-7-3-2-4-8-21)13-17-32(18-14-29)22(20-30)19-24(31)23-9-5-6-10-25(23)34/h2-10,19-20,34H,11-18,30-31H2,1H3,(H,36,37)/b22-20+,24-19-. The molecule has 2 aliphatic rings. The zero-order valence-corrected chi connectivity index (χ0v) is 21.3. The van der Waals surface area contributed by atoms with Crippen LogP contribution < -0.4 is 11.5 Å².